The summed E-state index contributed by atoms with van der Waals surface area (Å²) in [5, 5.41) is 3.05. The molecule has 0 aliphatic carbocycles. The number of nitrogens with zero attached hydrogens (tertiary/aromatic N) is 1. The minimum atomic E-state index is 0.122. The van der Waals surface area contributed by atoms with Gasteiger partial charge in [0, 0.05) is 19.6 Å². The van der Waals surface area contributed by atoms with Gasteiger partial charge in [0.15, 0.2) is 0 Å². The highest BCUT2D eigenvalue weighted by atomic mass is 16.2. The van der Waals surface area contributed by atoms with Gasteiger partial charge in [0.25, 0.3) is 0 Å². The number of unbranched alkanes of at least 4 members (excludes halogenated alkanes) is 7. The molecular formula is C17H36N2O. The van der Waals surface area contributed by atoms with Gasteiger partial charge in [0.2, 0.25) is 0 Å². The average molecular weight is 284 g/mol. The Labute approximate surface area is 126 Å². The molecular weight excluding hydrogens is 248 g/mol. The largest absolute Gasteiger partial charge is 0.338 e. The van der Waals surface area contributed by atoms with E-state index < -0.39 is 0 Å². The first-order valence-corrected chi connectivity index (χ1v) is 8.79. The van der Waals surface area contributed by atoms with Crippen LogP contribution in [0.15, 0.2) is 0 Å². The SMILES string of the molecule is CCCCCCCCCCNC(=O)N(CCC)CCC. The Morgan fingerprint density at radius 1 is 0.750 bits per heavy atom. The van der Waals surface area contributed by atoms with E-state index in [2.05, 4.69) is 26.1 Å². The Kier molecular flexibility index (Phi) is 14.1. The van der Waals surface area contributed by atoms with Crippen molar-refractivity contribution in [2.45, 2.75) is 85.0 Å². The maximum atomic E-state index is 11.9. The van der Waals surface area contributed by atoms with Gasteiger partial charge in [-0.3, -0.25) is 0 Å². The van der Waals surface area contributed by atoms with Gasteiger partial charge >= 0.3 is 6.03 Å². The molecule has 0 atom stereocenters. The van der Waals surface area contributed by atoms with Crippen LogP contribution in [-0.4, -0.2) is 30.6 Å². The fraction of sp³-hybridized carbons (Fsp3) is 0.941. The first-order chi connectivity index (χ1) is 9.76. The Hall–Kier alpha value is -0.730. The van der Waals surface area contributed by atoms with Crippen LogP contribution in [0.1, 0.15) is 85.0 Å². The number of carbonyl (C=O) groups is 1. The van der Waals surface area contributed by atoms with Gasteiger partial charge in [-0.25, -0.2) is 4.79 Å². The first-order valence-electron chi connectivity index (χ1n) is 8.79. The van der Waals surface area contributed by atoms with Crippen LogP contribution in [0.3, 0.4) is 0 Å². The highest BCUT2D eigenvalue weighted by molar-refractivity contribution is 5.74. The van der Waals surface area contributed by atoms with Gasteiger partial charge in [0.05, 0.1) is 0 Å². The first kappa shape index (κ1) is 19.3. The van der Waals surface area contributed by atoms with Crippen molar-refractivity contribution in [2.75, 3.05) is 19.6 Å². The Morgan fingerprint density at radius 2 is 1.25 bits per heavy atom. The second kappa shape index (κ2) is 14.7. The molecule has 0 spiro atoms. The maximum Gasteiger partial charge on any atom is 0.317 e. The van der Waals surface area contributed by atoms with Crippen LogP contribution in [0.5, 0.6) is 0 Å². The van der Waals surface area contributed by atoms with E-state index in [0.717, 1.165) is 38.9 Å². The summed E-state index contributed by atoms with van der Waals surface area (Å²) in [7, 11) is 0. The lowest BCUT2D eigenvalue weighted by atomic mass is 10.1. The zero-order chi connectivity index (χ0) is 15.1. The number of rotatable bonds is 13. The summed E-state index contributed by atoms with van der Waals surface area (Å²) in [5.41, 5.74) is 0. The van der Waals surface area contributed by atoms with Gasteiger partial charge in [-0.2, -0.15) is 0 Å². The highest BCUT2D eigenvalue weighted by Gasteiger charge is 2.09. The van der Waals surface area contributed by atoms with Crippen LogP contribution in [0, 0.1) is 0 Å². The molecule has 3 heteroatoms. The molecule has 1 N–H and O–H groups in total. The van der Waals surface area contributed by atoms with Crippen molar-refractivity contribution in [3.63, 3.8) is 0 Å². The predicted molar refractivity (Wildman–Crippen MR) is 88.2 cm³/mol. The van der Waals surface area contributed by atoms with E-state index in [0.29, 0.717) is 0 Å². The molecule has 0 unspecified atom stereocenters. The van der Waals surface area contributed by atoms with Gasteiger partial charge < -0.3 is 10.2 Å². The second-order valence-electron chi connectivity index (χ2n) is 5.69. The van der Waals surface area contributed by atoms with E-state index in [4.69, 9.17) is 0 Å². The zero-order valence-corrected chi connectivity index (χ0v) is 14.0. The highest BCUT2D eigenvalue weighted by Crippen LogP contribution is 2.08. The van der Waals surface area contributed by atoms with Gasteiger partial charge in [-0.05, 0) is 19.3 Å². The molecule has 0 heterocycles. The van der Waals surface area contributed by atoms with E-state index in [1.54, 1.807) is 0 Å². The molecule has 0 fully saturated rings. The number of amides is 2. The summed E-state index contributed by atoms with van der Waals surface area (Å²) >= 11 is 0. The van der Waals surface area contributed by atoms with Crippen LogP contribution < -0.4 is 5.32 Å². The van der Waals surface area contributed by atoms with Crippen molar-refractivity contribution in [3.05, 3.63) is 0 Å². The summed E-state index contributed by atoms with van der Waals surface area (Å²) in [5.74, 6) is 0. The van der Waals surface area contributed by atoms with E-state index in [-0.39, 0.29) is 6.03 Å². The monoisotopic (exact) mass is 284 g/mol. The maximum absolute atomic E-state index is 11.9. The zero-order valence-electron chi connectivity index (χ0n) is 14.0. The summed E-state index contributed by atoms with van der Waals surface area (Å²) in [4.78, 5) is 13.9. The molecule has 0 aliphatic rings. The smallest absolute Gasteiger partial charge is 0.317 e. The summed E-state index contributed by atoms with van der Waals surface area (Å²) < 4.78 is 0. The lowest BCUT2D eigenvalue weighted by Gasteiger charge is -2.21. The molecule has 0 aliphatic heterocycles. The van der Waals surface area contributed by atoms with Crippen LogP contribution >= 0.6 is 0 Å². The molecule has 0 aromatic heterocycles. The van der Waals surface area contributed by atoms with Crippen molar-refractivity contribution in [3.8, 4) is 0 Å². The number of hydrogen-bond acceptors (Lipinski definition) is 1. The molecule has 0 aromatic carbocycles. The summed E-state index contributed by atoms with van der Waals surface area (Å²) in [6, 6.07) is 0.122. The molecule has 120 valence electrons. The van der Waals surface area contributed by atoms with Gasteiger partial charge in [-0.15, -0.1) is 0 Å². The number of hydrogen-bond donors (Lipinski definition) is 1. The molecule has 2 amide bonds. The van der Waals surface area contributed by atoms with Crippen LogP contribution in [0.25, 0.3) is 0 Å². The second-order valence-corrected chi connectivity index (χ2v) is 5.69. The molecule has 20 heavy (non-hydrogen) atoms. The molecule has 0 saturated heterocycles. The van der Waals surface area contributed by atoms with Crippen LogP contribution in [0.4, 0.5) is 4.79 Å². The van der Waals surface area contributed by atoms with Crippen molar-refractivity contribution in [1.29, 1.82) is 0 Å². The van der Waals surface area contributed by atoms with E-state index >= 15 is 0 Å². The minimum absolute atomic E-state index is 0.122. The molecule has 0 saturated carbocycles. The fourth-order valence-corrected chi connectivity index (χ4v) is 2.42. The third-order valence-electron chi connectivity index (χ3n) is 3.58. The predicted octanol–water partition coefficient (Wildman–Crippen LogP) is 4.96. The van der Waals surface area contributed by atoms with E-state index in [1.807, 2.05) is 4.90 Å². The number of carbonyl (C=O) groups excluding carboxylic acids is 1. The molecule has 0 bridgehead atoms. The fourth-order valence-electron chi connectivity index (χ4n) is 2.42. The Balaban J connectivity index is 3.45. The van der Waals surface area contributed by atoms with Crippen molar-refractivity contribution >= 4 is 6.03 Å². The normalized spacial score (nSPS) is 10.6. The lowest BCUT2D eigenvalue weighted by molar-refractivity contribution is 0.197. The van der Waals surface area contributed by atoms with Crippen molar-refractivity contribution in [1.82, 2.24) is 10.2 Å². The third kappa shape index (κ3) is 11.1. The standard InChI is InChI=1S/C17H36N2O/c1-4-7-8-9-10-11-12-13-14-18-17(20)19(15-5-2)16-6-3/h4-16H2,1-3H3,(H,18,20). The van der Waals surface area contributed by atoms with E-state index in [1.165, 1.54) is 44.9 Å². The van der Waals surface area contributed by atoms with Gasteiger partial charge in [-0.1, -0.05) is 65.7 Å². The summed E-state index contributed by atoms with van der Waals surface area (Å²) in [6.07, 6.45) is 12.5. The van der Waals surface area contributed by atoms with Crippen molar-refractivity contribution < 1.29 is 4.79 Å². The molecule has 0 radical (unpaired) electrons. The van der Waals surface area contributed by atoms with Crippen LogP contribution in [-0.2, 0) is 0 Å². The molecule has 3 nitrogen and oxygen atoms in total. The topological polar surface area (TPSA) is 32.3 Å². The molecule has 0 aromatic rings. The minimum Gasteiger partial charge on any atom is -0.338 e. The quantitative estimate of drug-likeness (QED) is 0.476. The third-order valence-corrected chi connectivity index (χ3v) is 3.58. The van der Waals surface area contributed by atoms with Crippen LogP contribution in [0.2, 0.25) is 0 Å². The number of urea groups is 1. The summed E-state index contributed by atoms with van der Waals surface area (Å²) in [6.45, 7) is 9.07. The van der Waals surface area contributed by atoms with E-state index in [9.17, 15) is 4.79 Å². The Bertz CT molecular complexity index is 213. The number of nitrogens with one attached hydrogen (secondary N) is 1. The Morgan fingerprint density at radius 3 is 1.75 bits per heavy atom. The van der Waals surface area contributed by atoms with Crippen molar-refractivity contribution in [2.24, 2.45) is 0 Å². The average Bonchev–Trinajstić information content (AvgIpc) is 2.45. The van der Waals surface area contributed by atoms with Gasteiger partial charge in [0.1, 0.15) is 0 Å². The molecule has 0 rings (SSSR count). The lowest BCUT2D eigenvalue weighted by Crippen LogP contribution is -2.41.